The van der Waals surface area contributed by atoms with E-state index in [0.717, 1.165) is 25.9 Å². The lowest BCUT2D eigenvalue weighted by molar-refractivity contribution is 0.0687. The number of aromatic carboxylic acids is 1. The molecule has 11 heteroatoms. The predicted molar refractivity (Wildman–Crippen MR) is 148 cm³/mol. The SMILES string of the molecule is O=C(Nc1ccc(F)cc1)N1CCCCC1.O=C(O)c1nn(-c2ccccc2Cl)c(-c2ccc(Cl)cc2)c1O. The highest BCUT2D eigenvalue weighted by atomic mass is 35.5. The van der Waals surface area contributed by atoms with Gasteiger partial charge < -0.3 is 20.4 Å². The van der Waals surface area contributed by atoms with Gasteiger partial charge in [0.2, 0.25) is 5.69 Å². The molecule has 2 amide bonds. The highest BCUT2D eigenvalue weighted by Crippen LogP contribution is 2.36. The summed E-state index contributed by atoms with van der Waals surface area (Å²) in [6.07, 6.45) is 3.33. The van der Waals surface area contributed by atoms with Crippen molar-refractivity contribution in [2.75, 3.05) is 18.4 Å². The van der Waals surface area contributed by atoms with Gasteiger partial charge in [-0.15, -0.1) is 0 Å². The third-order valence-corrected chi connectivity index (χ3v) is 6.57. The van der Waals surface area contributed by atoms with E-state index in [1.807, 2.05) is 0 Å². The van der Waals surface area contributed by atoms with Crippen LogP contribution in [0.2, 0.25) is 10.0 Å². The predicted octanol–water partition coefficient (Wildman–Crippen LogP) is 7.09. The topological polar surface area (TPSA) is 108 Å². The minimum atomic E-state index is -1.33. The number of nitrogens with zero attached hydrogens (tertiary/aromatic N) is 3. The first-order valence-corrected chi connectivity index (χ1v) is 12.9. The minimum Gasteiger partial charge on any atom is -0.504 e. The molecule has 1 aromatic heterocycles. The number of urea groups is 1. The molecule has 202 valence electrons. The molecule has 3 aromatic carbocycles. The average Bonchev–Trinajstić information content (AvgIpc) is 3.28. The Labute approximate surface area is 234 Å². The summed E-state index contributed by atoms with van der Waals surface area (Å²) < 4.78 is 14.0. The molecule has 0 unspecified atom stereocenters. The van der Waals surface area contributed by atoms with Crippen LogP contribution in [-0.4, -0.2) is 50.0 Å². The zero-order chi connectivity index (χ0) is 27.9. The van der Waals surface area contributed by atoms with Gasteiger partial charge in [0.15, 0.2) is 5.75 Å². The summed E-state index contributed by atoms with van der Waals surface area (Å²) in [5, 5.41) is 27.2. The molecular weight excluding hydrogens is 546 g/mol. The average molecular weight is 571 g/mol. The van der Waals surface area contributed by atoms with Gasteiger partial charge in [-0.05, 0) is 67.8 Å². The van der Waals surface area contributed by atoms with Crippen LogP contribution < -0.4 is 5.32 Å². The van der Waals surface area contributed by atoms with Gasteiger partial charge in [0, 0.05) is 29.4 Å². The third-order valence-electron chi connectivity index (χ3n) is 6.00. The minimum absolute atomic E-state index is 0.0914. The van der Waals surface area contributed by atoms with Crippen molar-refractivity contribution in [2.45, 2.75) is 19.3 Å². The number of carbonyl (C=O) groups excluding carboxylic acids is 1. The number of nitrogens with one attached hydrogen (secondary N) is 1. The number of halogens is 3. The molecule has 0 spiro atoms. The Balaban J connectivity index is 0.000000193. The summed E-state index contributed by atoms with van der Waals surface area (Å²) in [4.78, 5) is 24.9. The van der Waals surface area contributed by atoms with Crippen LogP contribution >= 0.6 is 23.2 Å². The second-order valence-electron chi connectivity index (χ2n) is 8.71. The maximum absolute atomic E-state index is 12.7. The van der Waals surface area contributed by atoms with Crippen molar-refractivity contribution >= 4 is 40.9 Å². The van der Waals surface area contributed by atoms with Crippen LogP contribution in [-0.2, 0) is 0 Å². The second kappa shape index (κ2) is 12.6. The molecule has 39 heavy (non-hydrogen) atoms. The van der Waals surface area contributed by atoms with Crippen LogP contribution in [0.15, 0.2) is 72.8 Å². The van der Waals surface area contributed by atoms with Crippen molar-refractivity contribution in [2.24, 2.45) is 0 Å². The van der Waals surface area contributed by atoms with Gasteiger partial charge in [0.25, 0.3) is 0 Å². The number of piperidine rings is 1. The Morgan fingerprint density at radius 1 is 0.897 bits per heavy atom. The molecule has 1 aliphatic heterocycles. The van der Waals surface area contributed by atoms with Gasteiger partial charge in [-0.3, -0.25) is 0 Å². The Morgan fingerprint density at radius 3 is 2.15 bits per heavy atom. The first kappa shape index (κ1) is 27.9. The summed E-state index contributed by atoms with van der Waals surface area (Å²) in [6.45, 7) is 1.63. The fourth-order valence-electron chi connectivity index (χ4n) is 4.05. The molecule has 0 aliphatic carbocycles. The number of amides is 2. The number of benzene rings is 3. The van der Waals surface area contributed by atoms with Gasteiger partial charge in [-0.2, -0.15) is 5.10 Å². The number of hydrogen-bond acceptors (Lipinski definition) is 4. The monoisotopic (exact) mass is 570 g/mol. The normalized spacial score (nSPS) is 12.8. The van der Waals surface area contributed by atoms with E-state index >= 15 is 0 Å². The number of likely N-dealkylation sites (tertiary alicyclic amines) is 1. The molecule has 0 bridgehead atoms. The standard InChI is InChI=1S/C16H10Cl2N2O3.C12H15FN2O/c17-10-7-5-9(6-8-10)14-15(21)13(16(22)23)19-20(14)12-4-2-1-3-11(12)18;13-10-4-6-11(7-5-10)14-12(16)15-8-2-1-3-9-15/h1-8,21H,(H,22,23);4-7H,1-3,8-9H2,(H,14,16). The van der Waals surface area contributed by atoms with E-state index in [9.17, 15) is 24.2 Å². The Kier molecular flexibility index (Phi) is 9.06. The molecule has 3 N–H and O–H groups in total. The van der Waals surface area contributed by atoms with Crippen molar-refractivity contribution < 1.29 is 24.2 Å². The van der Waals surface area contributed by atoms with Gasteiger partial charge in [0.1, 0.15) is 11.5 Å². The summed E-state index contributed by atoms with van der Waals surface area (Å²) in [5.74, 6) is -2.06. The number of carboxylic acid groups (broad SMARTS) is 1. The summed E-state index contributed by atoms with van der Waals surface area (Å²) in [6, 6.07) is 19.2. The van der Waals surface area contributed by atoms with E-state index in [1.165, 1.54) is 23.2 Å². The van der Waals surface area contributed by atoms with Gasteiger partial charge in [-0.1, -0.05) is 47.5 Å². The number of rotatable bonds is 4. The maximum atomic E-state index is 12.7. The van der Waals surface area contributed by atoms with E-state index in [0.29, 0.717) is 27.0 Å². The van der Waals surface area contributed by atoms with Crippen LogP contribution in [0.3, 0.4) is 0 Å². The van der Waals surface area contributed by atoms with Crippen LogP contribution in [0.5, 0.6) is 5.75 Å². The number of aromatic hydroxyl groups is 1. The fraction of sp³-hybridized carbons (Fsp3) is 0.179. The Morgan fingerprint density at radius 2 is 1.54 bits per heavy atom. The molecule has 1 saturated heterocycles. The Hall–Kier alpha value is -4.08. The molecule has 1 aliphatic rings. The zero-order valence-corrected chi connectivity index (χ0v) is 22.2. The van der Waals surface area contributed by atoms with Crippen molar-refractivity contribution in [3.05, 3.63) is 94.4 Å². The van der Waals surface area contributed by atoms with Crippen LogP contribution in [0.4, 0.5) is 14.9 Å². The van der Waals surface area contributed by atoms with Gasteiger partial charge >= 0.3 is 12.0 Å². The summed E-state index contributed by atoms with van der Waals surface area (Å²) >= 11 is 12.1. The van der Waals surface area contributed by atoms with Crippen molar-refractivity contribution in [1.29, 1.82) is 0 Å². The number of para-hydroxylation sites is 1. The van der Waals surface area contributed by atoms with Crippen molar-refractivity contribution in [3.8, 4) is 22.7 Å². The largest absolute Gasteiger partial charge is 0.504 e. The Bertz CT molecular complexity index is 1450. The lowest BCUT2D eigenvalue weighted by Gasteiger charge is -2.26. The highest BCUT2D eigenvalue weighted by molar-refractivity contribution is 6.32. The van der Waals surface area contributed by atoms with Crippen LogP contribution in [0.25, 0.3) is 16.9 Å². The van der Waals surface area contributed by atoms with E-state index in [4.69, 9.17) is 23.2 Å². The highest BCUT2D eigenvalue weighted by Gasteiger charge is 2.25. The van der Waals surface area contributed by atoms with E-state index < -0.39 is 17.4 Å². The fourth-order valence-corrected chi connectivity index (χ4v) is 4.39. The van der Waals surface area contributed by atoms with Crippen molar-refractivity contribution in [1.82, 2.24) is 14.7 Å². The molecule has 0 radical (unpaired) electrons. The smallest absolute Gasteiger partial charge is 0.360 e. The molecule has 2 heterocycles. The third kappa shape index (κ3) is 6.87. The number of carboxylic acids is 1. The van der Waals surface area contributed by atoms with Crippen LogP contribution in [0, 0.1) is 5.82 Å². The van der Waals surface area contributed by atoms with Gasteiger partial charge in [0.05, 0.1) is 10.7 Å². The molecule has 5 rings (SSSR count). The molecular formula is C28H25Cl2FN4O4. The number of anilines is 1. The van der Waals surface area contributed by atoms with Crippen LogP contribution in [0.1, 0.15) is 29.8 Å². The maximum Gasteiger partial charge on any atom is 0.360 e. The zero-order valence-electron chi connectivity index (χ0n) is 20.7. The lowest BCUT2D eigenvalue weighted by atomic mass is 10.1. The molecule has 4 aromatic rings. The van der Waals surface area contributed by atoms with E-state index in [-0.39, 0.29) is 17.5 Å². The molecule has 0 saturated carbocycles. The molecule has 0 atom stereocenters. The summed E-state index contributed by atoms with van der Waals surface area (Å²) in [5.41, 5.74) is 1.44. The van der Waals surface area contributed by atoms with E-state index in [2.05, 4.69) is 10.4 Å². The number of hydrogen-bond donors (Lipinski definition) is 3. The quantitative estimate of drug-likeness (QED) is 0.242. The van der Waals surface area contributed by atoms with Crippen molar-refractivity contribution in [3.63, 3.8) is 0 Å². The first-order chi connectivity index (χ1) is 18.7. The number of carbonyl (C=O) groups is 2. The molecule has 1 fully saturated rings. The first-order valence-electron chi connectivity index (χ1n) is 12.1. The lowest BCUT2D eigenvalue weighted by Crippen LogP contribution is -2.38. The van der Waals surface area contributed by atoms with Gasteiger partial charge in [-0.25, -0.2) is 18.7 Å². The number of aromatic nitrogens is 2. The summed E-state index contributed by atoms with van der Waals surface area (Å²) in [7, 11) is 0. The van der Waals surface area contributed by atoms with E-state index in [1.54, 1.807) is 65.6 Å². The second-order valence-corrected chi connectivity index (χ2v) is 9.55. The molecule has 8 nitrogen and oxygen atoms in total.